The highest BCUT2D eigenvalue weighted by Crippen LogP contribution is 2.11. The van der Waals surface area contributed by atoms with Gasteiger partial charge in [-0.3, -0.25) is 4.79 Å². The van der Waals surface area contributed by atoms with E-state index in [4.69, 9.17) is 5.73 Å². The van der Waals surface area contributed by atoms with Gasteiger partial charge in [-0.25, -0.2) is 0 Å². The van der Waals surface area contributed by atoms with Crippen molar-refractivity contribution in [3.63, 3.8) is 0 Å². The van der Waals surface area contributed by atoms with Crippen LogP contribution in [-0.2, 0) is 11.3 Å². The molecule has 0 aromatic carbocycles. The number of carbonyl (C=O) groups is 1. The van der Waals surface area contributed by atoms with Gasteiger partial charge < -0.3 is 10.6 Å². The summed E-state index contributed by atoms with van der Waals surface area (Å²) < 4.78 is 0. The van der Waals surface area contributed by atoms with Crippen molar-refractivity contribution in [1.82, 2.24) is 4.90 Å². The highest BCUT2D eigenvalue weighted by atomic mass is 32.1. The number of nitrogens with two attached hydrogens (primary N) is 1. The maximum absolute atomic E-state index is 11.8. The molecule has 1 aromatic heterocycles. The van der Waals surface area contributed by atoms with Crippen LogP contribution in [0.2, 0.25) is 0 Å². The summed E-state index contributed by atoms with van der Waals surface area (Å²) in [5, 5.41) is 2.01. The van der Waals surface area contributed by atoms with Crippen molar-refractivity contribution in [2.45, 2.75) is 32.4 Å². The number of carbonyl (C=O) groups excluding carboxylic acids is 1. The molecule has 0 aliphatic rings. The molecule has 1 heterocycles. The fourth-order valence-corrected chi connectivity index (χ4v) is 2.19. The number of hydrogen-bond acceptors (Lipinski definition) is 3. The van der Waals surface area contributed by atoms with Crippen LogP contribution >= 0.6 is 11.3 Å². The number of nitrogens with zero attached hydrogens (tertiary/aromatic N) is 1. The molecule has 1 rings (SSSR count). The Morgan fingerprint density at radius 2 is 2.40 bits per heavy atom. The van der Waals surface area contributed by atoms with Crippen LogP contribution in [0.4, 0.5) is 0 Å². The van der Waals surface area contributed by atoms with Crippen LogP contribution in [0.1, 0.15) is 24.6 Å². The first-order valence-corrected chi connectivity index (χ1v) is 6.06. The van der Waals surface area contributed by atoms with Crippen molar-refractivity contribution in [2.75, 3.05) is 7.05 Å². The van der Waals surface area contributed by atoms with E-state index >= 15 is 0 Å². The molecule has 0 aliphatic heterocycles. The largest absolute Gasteiger partial charge is 0.339 e. The van der Waals surface area contributed by atoms with E-state index in [-0.39, 0.29) is 11.9 Å². The third-order valence-corrected chi connectivity index (χ3v) is 3.13. The molecule has 4 heteroatoms. The second-order valence-electron chi connectivity index (χ2n) is 3.67. The molecule has 1 atom stereocenters. The molecule has 2 N–H and O–H groups in total. The fourth-order valence-electron chi connectivity index (χ4n) is 1.43. The van der Waals surface area contributed by atoms with Gasteiger partial charge in [-0.2, -0.15) is 0 Å². The summed E-state index contributed by atoms with van der Waals surface area (Å²) in [6.07, 6.45) is 1.70. The maximum Gasteiger partial charge on any atom is 0.239 e. The summed E-state index contributed by atoms with van der Waals surface area (Å²) in [6, 6.07) is 3.67. The summed E-state index contributed by atoms with van der Waals surface area (Å²) in [7, 11) is 1.80. The highest BCUT2D eigenvalue weighted by molar-refractivity contribution is 7.09. The van der Waals surface area contributed by atoms with Crippen LogP contribution in [0.25, 0.3) is 0 Å². The van der Waals surface area contributed by atoms with Gasteiger partial charge in [-0.15, -0.1) is 11.3 Å². The lowest BCUT2D eigenvalue weighted by Crippen LogP contribution is -2.41. The number of hydrogen-bond donors (Lipinski definition) is 1. The fraction of sp³-hybridized carbons (Fsp3) is 0.545. The van der Waals surface area contributed by atoms with Gasteiger partial charge in [0.05, 0.1) is 12.6 Å². The maximum atomic E-state index is 11.8. The lowest BCUT2D eigenvalue weighted by Gasteiger charge is -2.20. The zero-order valence-corrected chi connectivity index (χ0v) is 10.1. The number of likely N-dealkylation sites (N-methyl/N-ethyl adjacent to an activating group) is 1. The Morgan fingerprint density at radius 3 is 2.93 bits per heavy atom. The quantitative estimate of drug-likeness (QED) is 0.832. The molecule has 0 aliphatic carbocycles. The second kappa shape index (κ2) is 5.88. The Bertz CT molecular complexity index is 298. The van der Waals surface area contributed by atoms with Crippen molar-refractivity contribution in [3.8, 4) is 0 Å². The van der Waals surface area contributed by atoms with Crippen molar-refractivity contribution in [3.05, 3.63) is 22.4 Å². The second-order valence-corrected chi connectivity index (χ2v) is 4.70. The molecule has 15 heavy (non-hydrogen) atoms. The normalized spacial score (nSPS) is 12.5. The minimum atomic E-state index is -0.347. The van der Waals surface area contributed by atoms with Gasteiger partial charge in [0.25, 0.3) is 0 Å². The van der Waals surface area contributed by atoms with E-state index in [2.05, 4.69) is 0 Å². The van der Waals surface area contributed by atoms with Crippen LogP contribution in [0.15, 0.2) is 17.5 Å². The van der Waals surface area contributed by atoms with E-state index in [1.807, 2.05) is 24.4 Å². The first kappa shape index (κ1) is 12.2. The van der Waals surface area contributed by atoms with Gasteiger partial charge in [-0.1, -0.05) is 19.4 Å². The lowest BCUT2D eigenvalue weighted by molar-refractivity contribution is -0.131. The first-order chi connectivity index (χ1) is 7.15. The van der Waals surface area contributed by atoms with E-state index in [1.54, 1.807) is 23.3 Å². The van der Waals surface area contributed by atoms with E-state index in [1.165, 1.54) is 4.88 Å². The number of amides is 1. The smallest absolute Gasteiger partial charge is 0.239 e. The van der Waals surface area contributed by atoms with Crippen molar-refractivity contribution >= 4 is 17.2 Å². The van der Waals surface area contributed by atoms with Crippen LogP contribution in [0.5, 0.6) is 0 Å². The third kappa shape index (κ3) is 3.64. The summed E-state index contributed by atoms with van der Waals surface area (Å²) in [4.78, 5) is 14.7. The van der Waals surface area contributed by atoms with Gasteiger partial charge in [0.15, 0.2) is 0 Å². The van der Waals surface area contributed by atoms with E-state index < -0.39 is 0 Å². The average molecular weight is 226 g/mol. The molecule has 1 aromatic rings. The van der Waals surface area contributed by atoms with Crippen LogP contribution in [0, 0.1) is 0 Å². The Balaban J connectivity index is 2.46. The zero-order valence-electron chi connectivity index (χ0n) is 9.27. The Morgan fingerprint density at radius 1 is 1.67 bits per heavy atom. The van der Waals surface area contributed by atoms with Gasteiger partial charge >= 0.3 is 0 Å². The Hall–Kier alpha value is -0.870. The van der Waals surface area contributed by atoms with Crippen molar-refractivity contribution in [1.29, 1.82) is 0 Å². The summed E-state index contributed by atoms with van der Waals surface area (Å²) in [6.45, 7) is 2.69. The molecule has 1 unspecified atom stereocenters. The topological polar surface area (TPSA) is 46.3 Å². The van der Waals surface area contributed by atoms with Crippen LogP contribution < -0.4 is 5.73 Å². The first-order valence-electron chi connectivity index (χ1n) is 5.18. The summed E-state index contributed by atoms with van der Waals surface area (Å²) in [5.41, 5.74) is 5.77. The molecular weight excluding hydrogens is 208 g/mol. The predicted octanol–water partition coefficient (Wildman–Crippen LogP) is 1.83. The third-order valence-electron chi connectivity index (χ3n) is 2.27. The summed E-state index contributed by atoms with van der Waals surface area (Å²) in [5.74, 6) is 0.0326. The lowest BCUT2D eigenvalue weighted by atomic mass is 10.1. The molecule has 0 radical (unpaired) electrons. The molecule has 0 fully saturated rings. The van der Waals surface area contributed by atoms with Crippen molar-refractivity contribution in [2.24, 2.45) is 5.73 Å². The monoisotopic (exact) mass is 226 g/mol. The zero-order chi connectivity index (χ0) is 11.3. The van der Waals surface area contributed by atoms with E-state index in [9.17, 15) is 4.79 Å². The van der Waals surface area contributed by atoms with Crippen molar-refractivity contribution < 1.29 is 4.79 Å². The molecule has 0 bridgehead atoms. The number of thiophene rings is 1. The van der Waals surface area contributed by atoms with E-state index in [0.29, 0.717) is 6.54 Å². The summed E-state index contributed by atoms with van der Waals surface area (Å²) >= 11 is 1.66. The molecule has 3 nitrogen and oxygen atoms in total. The van der Waals surface area contributed by atoms with Gasteiger partial charge in [0, 0.05) is 11.9 Å². The molecule has 84 valence electrons. The Labute approximate surface area is 94.9 Å². The number of rotatable bonds is 5. The standard InChI is InChI=1S/C11H18N2OS/c1-3-5-10(12)11(14)13(2)8-9-6-4-7-15-9/h4,6-7,10H,3,5,8,12H2,1-2H3. The average Bonchev–Trinajstić information content (AvgIpc) is 2.69. The molecule has 1 amide bonds. The minimum Gasteiger partial charge on any atom is -0.339 e. The molecule has 0 spiro atoms. The molecule has 0 saturated carbocycles. The minimum absolute atomic E-state index is 0.0326. The Kier molecular flexibility index (Phi) is 4.78. The molecule has 0 saturated heterocycles. The predicted molar refractivity (Wildman–Crippen MR) is 63.7 cm³/mol. The van der Waals surface area contributed by atoms with E-state index in [0.717, 1.165) is 12.8 Å². The molecular formula is C11H18N2OS. The van der Waals surface area contributed by atoms with Crippen LogP contribution in [-0.4, -0.2) is 23.9 Å². The highest BCUT2D eigenvalue weighted by Gasteiger charge is 2.17. The van der Waals surface area contributed by atoms with Gasteiger partial charge in [-0.05, 0) is 17.9 Å². The van der Waals surface area contributed by atoms with Crippen LogP contribution in [0.3, 0.4) is 0 Å². The SMILES string of the molecule is CCCC(N)C(=O)N(C)Cc1cccs1. The van der Waals surface area contributed by atoms with Gasteiger partial charge in [0.2, 0.25) is 5.91 Å². The van der Waals surface area contributed by atoms with Gasteiger partial charge in [0.1, 0.15) is 0 Å².